The van der Waals surface area contributed by atoms with Gasteiger partial charge in [0.15, 0.2) is 0 Å². The third-order valence-electron chi connectivity index (χ3n) is 2.16. The van der Waals surface area contributed by atoms with Gasteiger partial charge < -0.3 is 10.1 Å². The van der Waals surface area contributed by atoms with Crippen LogP contribution >= 0.6 is 0 Å². The smallest absolute Gasteiger partial charge is 0.269 e. The molecule has 16 heavy (non-hydrogen) atoms. The molecule has 0 heterocycles. The fourth-order valence-corrected chi connectivity index (χ4v) is 1.40. The van der Waals surface area contributed by atoms with Crippen LogP contribution in [-0.2, 0) is 11.3 Å². The van der Waals surface area contributed by atoms with Gasteiger partial charge in [-0.05, 0) is 12.5 Å². The Bertz CT molecular complexity index is 366. The normalized spacial score (nSPS) is 10.1. The quantitative estimate of drug-likeness (QED) is 0.595. The Morgan fingerprint density at radius 1 is 1.50 bits per heavy atom. The summed E-state index contributed by atoms with van der Waals surface area (Å²) < 4.78 is 5.02. The summed E-state index contributed by atoms with van der Waals surface area (Å²) in [5.74, 6) is 0. The molecule has 5 heteroatoms. The molecule has 5 nitrogen and oxygen atoms in total. The lowest BCUT2D eigenvalue weighted by Crippen LogP contribution is -2.04. The number of non-ortho nitro benzene ring substituents is 1. The Morgan fingerprint density at radius 3 is 2.81 bits per heavy atom. The van der Waals surface area contributed by atoms with Gasteiger partial charge in [-0.15, -0.1) is 0 Å². The second-order valence-corrected chi connectivity index (χ2v) is 3.46. The number of nitro benzene ring substituents is 1. The second kappa shape index (κ2) is 6.07. The molecular formula is C11H16N2O3. The van der Waals surface area contributed by atoms with Gasteiger partial charge in [-0.1, -0.05) is 6.92 Å². The number of methoxy groups -OCH3 is 1. The number of ether oxygens (including phenoxy) is 1. The van der Waals surface area contributed by atoms with E-state index in [1.54, 1.807) is 19.2 Å². The summed E-state index contributed by atoms with van der Waals surface area (Å²) in [7, 11) is 1.57. The molecule has 0 amide bonds. The Balaban J connectivity index is 2.94. The average molecular weight is 224 g/mol. The molecule has 0 unspecified atom stereocenters. The number of hydrogen-bond donors (Lipinski definition) is 1. The van der Waals surface area contributed by atoms with E-state index in [0.717, 1.165) is 24.2 Å². The predicted octanol–water partition coefficient (Wildman–Crippen LogP) is 2.56. The third-order valence-corrected chi connectivity index (χ3v) is 2.16. The van der Waals surface area contributed by atoms with Gasteiger partial charge >= 0.3 is 0 Å². The fraction of sp³-hybridized carbons (Fsp3) is 0.455. The molecule has 0 aliphatic carbocycles. The maximum Gasteiger partial charge on any atom is 0.269 e. The molecular weight excluding hydrogens is 208 g/mol. The van der Waals surface area contributed by atoms with Crippen molar-refractivity contribution >= 4 is 11.4 Å². The van der Waals surface area contributed by atoms with Gasteiger partial charge in [0.2, 0.25) is 0 Å². The molecule has 1 N–H and O–H groups in total. The van der Waals surface area contributed by atoms with Gasteiger partial charge in [-0.2, -0.15) is 0 Å². The second-order valence-electron chi connectivity index (χ2n) is 3.46. The summed E-state index contributed by atoms with van der Waals surface area (Å²) in [4.78, 5) is 10.2. The van der Waals surface area contributed by atoms with Crippen molar-refractivity contribution in [2.24, 2.45) is 0 Å². The van der Waals surface area contributed by atoms with Crippen LogP contribution in [0.2, 0.25) is 0 Å². The first-order valence-corrected chi connectivity index (χ1v) is 5.19. The Kier molecular flexibility index (Phi) is 4.72. The van der Waals surface area contributed by atoms with Gasteiger partial charge in [0.25, 0.3) is 5.69 Å². The van der Waals surface area contributed by atoms with E-state index in [1.807, 2.05) is 0 Å². The zero-order valence-corrected chi connectivity index (χ0v) is 9.53. The van der Waals surface area contributed by atoms with Crippen molar-refractivity contribution in [1.82, 2.24) is 0 Å². The number of nitro groups is 1. The Morgan fingerprint density at radius 2 is 2.25 bits per heavy atom. The van der Waals surface area contributed by atoms with Crippen LogP contribution in [-0.4, -0.2) is 18.6 Å². The molecule has 1 aromatic rings. The molecule has 0 aliphatic rings. The van der Waals surface area contributed by atoms with Crippen molar-refractivity contribution in [2.45, 2.75) is 20.0 Å². The van der Waals surface area contributed by atoms with Gasteiger partial charge in [0.05, 0.1) is 11.5 Å². The molecule has 0 aliphatic heterocycles. The van der Waals surface area contributed by atoms with Gasteiger partial charge in [0.1, 0.15) is 0 Å². The minimum atomic E-state index is -0.400. The Labute approximate surface area is 94.6 Å². The largest absolute Gasteiger partial charge is 0.385 e. The van der Waals surface area contributed by atoms with Gasteiger partial charge in [0, 0.05) is 37.0 Å². The number of nitrogens with zero attached hydrogens (tertiary/aromatic N) is 1. The van der Waals surface area contributed by atoms with Crippen LogP contribution in [0, 0.1) is 10.1 Å². The SMILES string of the molecule is CCCNc1ccc([N+](=O)[O-])cc1COC. The van der Waals surface area contributed by atoms with Crippen LogP contribution in [0.5, 0.6) is 0 Å². The van der Waals surface area contributed by atoms with Crippen molar-refractivity contribution in [2.75, 3.05) is 19.0 Å². The van der Waals surface area contributed by atoms with E-state index in [1.165, 1.54) is 6.07 Å². The summed E-state index contributed by atoms with van der Waals surface area (Å²) in [6.45, 7) is 3.27. The van der Waals surface area contributed by atoms with E-state index in [2.05, 4.69) is 12.2 Å². The highest BCUT2D eigenvalue weighted by Crippen LogP contribution is 2.22. The minimum absolute atomic E-state index is 0.0918. The summed E-state index contributed by atoms with van der Waals surface area (Å²) in [5, 5.41) is 13.8. The van der Waals surface area contributed by atoms with E-state index >= 15 is 0 Å². The summed E-state index contributed by atoms with van der Waals surface area (Å²) in [6.07, 6.45) is 1.00. The predicted molar refractivity (Wildman–Crippen MR) is 62.6 cm³/mol. The summed E-state index contributed by atoms with van der Waals surface area (Å²) in [6, 6.07) is 4.76. The van der Waals surface area contributed by atoms with Crippen molar-refractivity contribution in [3.05, 3.63) is 33.9 Å². The summed E-state index contributed by atoms with van der Waals surface area (Å²) >= 11 is 0. The molecule has 1 aromatic carbocycles. The molecule has 1 rings (SSSR count). The number of benzene rings is 1. The number of nitrogens with one attached hydrogen (secondary N) is 1. The number of hydrogen-bond acceptors (Lipinski definition) is 4. The van der Waals surface area contributed by atoms with Crippen molar-refractivity contribution in [3.63, 3.8) is 0 Å². The molecule has 88 valence electrons. The van der Waals surface area contributed by atoms with E-state index < -0.39 is 4.92 Å². The number of rotatable bonds is 6. The van der Waals surface area contributed by atoms with Crippen LogP contribution in [0.15, 0.2) is 18.2 Å². The standard InChI is InChI=1S/C11H16N2O3/c1-3-6-12-11-5-4-10(13(14)15)7-9(11)8-16-2/h4-5,7,12H,3,6,8H2,1-2H3. The van der Waals surface area contributed by atoms with Crippen LogP contribution in [0.3, 0.4) is 0 Å². The zero-order chi connectivity index (χ0) is 12.0. The van der Waals surface area contributed by atoms with E-state index in [9.17, 15) is 10.1 Å². The van der Waals surface area contributed by atoms with Crippen molar-refractivity contribution in [1.29, 1.82) is 0 Å². The van der Waals surface area contributed by atoms with Crippen LogP contribution in [0.4, 0.5) is 11.4 Å². The molecule has 0 aromatic heterocycles. The van der Waals surface area contributed by atoms with E-state index in [-0.39, 0.29) is 5.69 Å². The number of anilines is 1. The topological polar surface area (TPSA) is 64.4 Å². The van der Waals surface area contributed by atoms with Gasteiger partial charge in [-0.25, -0.2) is 0 Å². The molecule has 0 saturated heterocycles. The molecule has 0 saturated carbocycles. The molecule has 0 spiro atoms. The first-order chi connectivity index (χ1) is 7.69. The lowest BCUT2D eigenvalue weighted by molar-refractivity contribution is -0.384. The first-order valence-electron chi connectivity index (χ1n) is 5.19. The van der Waals surface area contributed by atoms with Crippen LogP contribution in [0.25, 0.3) is 0 Å². The zero-order valence-electron chi connectivity index (χ0n) is 9.53. The maximum atomic E-state index is 10.6. The van der Waals surface area contributed by atoms with Crippen LogP contribution in [0.1, 0.15) is 18.9 Å². The molecule has 0 atom stereocenters. The van der Waals surface area contributed by atoms with Gasteiger partial charge in [-0.3, -0.25) is 10.1 Å². The monoisotopic (exact) mass is 224 g/mol. The highest BCUT2D eigenvalue weighted by atomic mass is 16.6. The summed E-state index contributed by atoms with van der Waals surface area (Å²) in [5.41, 5.74) is 1.80. The van der Waals surface area contributed by atoms with Crippen molar-refractivity contribution < 1.29 is 9.66 Å². The highest BCUT2D eigenvalue weighted by Gasteiger charge is 2.10. The minimum Gasteiger partial charge on any atom is -0.385 e. The fourth-order valence-electron chi connectivity index (χ4n) is 1.40. The molecule has 0 radical (unpaired) electrons. The maximum absolute atomic E-state index is 10.6. The Hall–Kier alpha value is -1.62. The molecule has 0 bridgehead atoms. The van der Waals surface area contributed by atoms with Crippen molar-refractivity contribution in [3.8, 4) is 0 Å². The van der Waals surface area contributed by atoms with E-state index in [0.29, 0.717) is 6.61 Å². The van der Waals surface area contributed by atoms with E-state index in [4.69, 9.17) is 4.74 Å². The molecule has 0 fully saturated rings. The lowest BCUT2D eigenvalue weighted by atomic mass is 10.1. The van der Waals surface area contributed by atoms with Crippen LogP contribution < -0.4 is 5.32 Å². The highest BCUT2D eigenvalue weighted by molar-refractivity contribution is 5.55. The average Bonchev–Trinajstić information content (AvgIpc) is 2.27. The lowest BCUT2D eigenvalue weighted by Gasteiger charge is -2.10. The first kappa shape index (κ1) is 12.4. The third kappa shape index (κ3) is 3.20.